The summed E-state index contributed by atoms with van der Waals surface area (Å²) in [5.41, 5.74) is 17.2. The molecule has 0 bridgehead atoms. The zero-order valence-corrected chi connectivity index (χ0v) is 31.2. The molecule has 2 aliphatic rings. The Morgan fingerprint density at radius 3 is 1.91 bits per heavy atom. The highest BCUT2D eigenvalue weighted by Crippen LogP contribution is 2.61. The number of ether oxygens (including phenoxy) is 1. The third kappa shape index (κ3) is 5.42. The summed E-state index contributed by atoms with van der Waals surface area (Å²) in [6.45, 7) is 6.85. The van der Waals surface area contributed by atoms with Gasteiger partial charge >= 0.3 is 0 Å². The van der Waals surface area contributed by atoms with Gasteiger partial charge in [-0.05, 0) is 106 Å². The summed E-state index contributed by atoms with van der Waals surface area (Å²) >= 11 is 0. The quantitative estimate of drug-likeness (QED) is 0.171. The third-order valence-electron chi connectivity index (χ3n) is 11.3. The smallest absolute Gasteiger partial charge is 0.152 e. The van der Waals surface area contributed by atoms with Crippen LogP contribution in [0.15, 0.2) is 188 Å². The number of benzene rings is 8. The third-order valence-corrected chi connectivity index (χ3v) is 11.3. The molecule has 0 aliphatic carbocycles. The summed E-state index contributed by atoms with van der Waals surface area (Å²) in [5.74, 6) is 1.75. The van der Waals surface area contributed by atoms with Gasteiger partial charge in [-0.15, -0.1) is 0 Å². The van der Waals surface area contributed by atoms with Crippen LogP contribution in [0.3, 0.4) is 0 Å². The lowest BCUT2D eigenvalue weighted by Crippen LogP contribution is -2.32. The molecule has 2 aliphatic heterocycles. The molecule has 0 radical (unpaired) electrons. The zero-order valence-electron chi connectivity index (χ0n) is 31.2. The van der Waals surface area contributed by atoms with Gasteiger partial charge in [0.1, 0.15) is 0 Å². The molecule has 264 valence electrons. The minimum absolute atomic E-state index is 0.254. The van der Waals surface area contributed by atoms with Crippen molar-refractivity contribution in [3.8, 4) is 44.9 Å². The maximum atomic E-state index is 6.85. The second-order valence-electron chi connectivity index (χ2n) is 15.1. The van der Waals surface area contributed by atoms with Crippen LogP contribution >= 0.6 is 0 Å². The van der Waals surface area contributed by atoms with Crippen LogP contribution in [0.1, 0.15) is 30.5 Å². The van der Waals surface area contributed by atoms with Crippen molar-refractivity contribution in [2.45, 2.75) is 26.2 Å². The van der Waals surface area contributed by atoms with E-state index in [-0.39, 0.29) is 5.41 Å². The first-order valence-electron chi connectivity index (χ1n) is 19.0. The normalized spacial score (nSPS) is 13.3. The van der Waals surface area contributed by atoms with Gasteiger partial charge in [0, 0.05) is 22.4 Å². The van der Waals surface area contributed by atoms with E-state index in [1.54, 1.807) is 0 Å². The summed E-state index contributed by atoms with van der Waals surface area (Å²) in [7, 11) is 0. The Balaban J connectivity index is 1.14. The number of aryl methyl sites for hydroxylation is 1. The number of para-hydroxylation sites is 3. The molecular formula is C52H40N2O. The largest absolute Gasteiger partial charge is 0.453 e. The first-order chi connectivity index (χ1) is 27.0. The second kappa shape index (κ2) is 12.9. The van der Waals surface area contributed by atoms with Gasteiger partial charge in [-0.2, -0.15) is 0 Å². The lowest BCUT2D eigenvalue weighted by Gasteiger charge is -2.45. The molecule has 0 fully saturated rings. The fraction of sp³-hybridized carbons (Fsp3) is 0.0769. The van der Waals surface area contributed by atoms with Crippen LogP contribution in [-0.2, 0) is 5.41 Å². The monoisotopic (exact) mass is 708 g/mol. The molecule has 8 aromatic rings. The molecular weight excluding hydrogens is 669 g/mol. The Labute approximate surface area is 323 Å². The van der Waals surface area contributed by atoms with E-state index in [0.717, 1.165) is 51.1 Å². The van der Waals surface area contributed by atoms with Crippen LogP contribution in [0.25, 0.3) is 33.4 Å². The Morgan fingerprint density at radius 2 is 1.11 bits per heavy atom. The van der Waals surface area contributed by atoms with Gasteiger partial charge in [0.2, 0.25) is 0 Å². The molecule has 0 saturated carbocycles. The van der Waals surface area contributed by atoms with Crippen molar-refractivity contribution in [1.82, 2.24) is 0 Å². The number of anilines is 6. The van der Waals surface area contributed by atoms with Crippen LogP contribution in [0, 0.1) is 6.92 Å². The van der Waals surface area contributed by atoms with Crippen LogP contribution in [-0.4, -0.2) is 0 Å². The van der Waals surface area contributed by atoms with Gasteiger partial charge in [-0.1, -0.05) is 147 Å². The van der Waals surface area contributed by atoms with E-state index in [2.05, 4.69) is 219 Å². The van der Waals surface area contributed by atoms with Crippen molar-refractivity contribution in [2.24, 2.45) is 0 Å². The van der Waals surface area contributed by atoms with Crippen molar-refractivity contribution in [3.05, 3.63) is 205 Å². The Morgan fingerprint density at radius 1 is 0.455 bits per heavy atom. The molecule has 0 atom stereocenters. The van der Waals surface area contributed by atoms with Crippen molar-refractivity contribution in [3.63, 3.8) is 0 Å². The molecule has 55 heavy (non-hydrogen) atoms. The summed E-state index contributed by atoms with van der Waals surface area (Å²) in [6, 6.07) is 67.6. The van der Waals surface area contributed by atoms with E-state index in [4.69, 9.17) is 4.74 Å². The van der Waals surface area contributed by atoms with Crippen LogP contribution < -0.4 is 14.5 Å². The lowest BCUT2D eigenvalue weighted by molar-refractivity contribution is 0.471. The average molecular weight is 709 g/mol. The SMILES string of the molecule is Cc1cccc2c1N1c3ccccc3C(C)(C)c3cc(-c4cccc(N(c5ccc(-c6ccccc6)cc5)c5ccccc5-c5ccccc5)c4)cc(c31)O2. The van der Waals surface area contributed by atoms with E-state index in [9.17, 15) is 0 Å². The van der Waals surface area contributed by atoms with Crippen LogP contribution in [0.2, 0.25) is 0 Å². The molecule has 3 heteroatoms. The van der Waals surface area contributed by atoms with E-state index < -0.39 is 0 Å². The lowest BCUT2D eigenvalue weighted by atomic mass is 9.72. The number of hydrogen-bond acceptors (Lipinski definition) is 3. The van der Waals surface area contributed by atoms with Crippen molar-refractivity contribution in [2.75, 3.05) is 9.80 Å². The standard InChI is InChI=1S/C52H40N2O/c1-35-16-14-27-48-50(35)54-47-26-13-11-24-44(47)52(2,3)45-33-40(34-49(55-48)51(45)54)39-21-15-22-42(32-39)53(41-30-28-37(29-31-41)36-17-6-4-7-18-36)46-25-12-10-23-43(46)38-19-8-5-9-20-38/h4-34H,1-3H3. The Hall–Kier alpha value is -6.84. The highest BCUT2D eigenvalue weighted by Gasteiger charge is 2.42. The molecule has 0 aromatic heterocycles. The fourth-order valence-corrected chi connectivity index (χ4v) is 8.59. The van der Waals surface area contributed by atoms with Gasteiger partial charge in [-0.3, -0.25) is 0 Å². The Bertz CT molecular complexity index is 2720. The molecule has 0 amide bonds. The summed E-state index contributed by atoms with van der Waals surface area (Å²) in [6.07, 6.45) is 0. The predicted octanol–water partition coefficient (Wildman–Crippen LogP) is 14.7. The first kappa shape index (κ1) is 32.8. The van der Waals surface area contributed by atoms with E-state index in [1.807, 2.05) is 0 Å². The van der Waals surface area contributed by atoms with Gasteiger partial charge in [-0.25, -0.2) is 0 Å². The van der Waals surface area contributed by atoms with Gasteiger partial charge in [0.25, 0.3) is 0 Å². The molecule has 0 N–H and O–H groups in total. The highest BCUT2D eigenvalue weighted by molar-refractivity contribution is 5.96. The number of fused-ring (bicyclic) bond motifs is 4. The summed E-state index contributed by atoms with van der Waals surface area (Å²) in [5, 5.41) is 0. The number of nitrogens with zero attached hydrogens (tertiary/aromatic N) is 2. The summed E-state index contributed by atoms with van der Waals surface area (Å²) in [4.78, 5) is 4.82. The molecule has 0 unspecified atom stereocenters. The first-order valence-corrected chi connectivity index (χ1v) is 19.0. The number of rotatable bonds is 6. The van der Waals surface area contributed by atoms with Crippen LogP contribution in [0.4, 0.5) is 34.1 Å². The predicted molar refractivity (Wildman–Crippen MR) is 229 cm³/mol. The molecule has 10 rings (SSSR count). The van der Waals surface area contributed by atoms with Crippen molar-refractivity contribution < 1.29 is 4.74 Å². The Kier molecular flexibility index (Phi) is 7.71. The summed E-state index contributed by atoms with van der Waals surface area (Å²) < 4.78 is 6.85. The van der Waals surface area contributed by atoms with Crippen molar-refractivity contribution in [1.29, 1.82) is 0 Å². The maximum Gasteiger partial charge on any atom is 0.152 e. The second-order valence-corrected chi connectivity index (χ2v) is 15.1. The minimum Gasteiger partial charge on any atom is -0.453 e. The van der Waals surface area contributed by atoms with E-state index in [0.29, 0.717) is 0 Å². The minimum atomic E-state index is -0.254. The maximum absolute atomic E-state index is 6.85. The molecule has 3 nitrogen and oxygen atoms in total. The topological polar surface area (TPSA) is 15.7 Å². The van der Waals surface area contributed by atoms with E-state index in [1.165, 1.54) is 44.6 Å². The van der Waals surface area contributed by atoms with Gasteiger partial charge in [0.05, 0.1) is 22.7 Å². The molecule has 0 spiro atoms. The van der Waals surface area contributed by atoms with Gasteiger partial charge < -0.3 is 14.5 Å². The molecule has 0 saturated heterocycles. The zero-order chi connectivity index (χ0) is 37.1. The number of hydrogen-bond donors (Lipinski definition) is 0. The fourth-order valence-electron chi connectivity index (χ4n) is 8.59. The van der Waals surface area contributed by atoms with Crippen LogP contribution in [0.5, 0.6) is 11.5 Å². The van der Waals surface area contributed by atoms with Gasteiger partial charge in [0.15, 0.2) is 11.5 Å². The molecule has 2 heterocycles. The van der Waals surface area contributed by atoms with E-state index >= 15 is 0 Å². The molecule has 8 aromatic carbocycles. The van der Waals surface area contributed by atoms with Crippen molar-refractivity contribution >= 4 is 34.1 Å². The average Bonchev–Trinajstić information content (AvgIpc) is 3.23. The highest BCUT2D eigenvalue weighted by atomic mass is 16.5.